The van der Waals surface area contributed by atoms with Crippen LogP contribution >= 0.6 is 23.2 Å². The normalized spacial score (nSPS) is 16.7. The first-order valence-electron chi connectivity index (χ1n) is 12.5. The van der Waals surface area contributed by atoms with Crippen LogP contribution in [0.4, 0.5) is 11.4 Å². The van der Waals surface area contributed by atoms with Gasteiger partial charge in [-0.05, 0) is 73.7 Å². The van der Waals surface area contributed by atoms with Crippen molar-refractivity contribution in [3.05, 3.63) is 87.1 Å². The highest BCUT2D eigenvalue weighted by Crippen LogP contribution is 2.46. The molecular formula is C29H24Cl2N2O6. The van der Waals surface area contributed by atoms with E-state index in [0.29, 0.717) is 51.5 Å². The molecule has 1 saturated carbocycles. The molecule has 1 atom stereocenters. The summed E-state index contributed by atoms with van der Waals surface area (Å²) in [4.78, 5) is 13.0. The Morgan fingerprint density at radius 1 is 1.08 bits per heavy atom. The predicted octanol–water partition coefficient (Wildman–Crippen LogP) is 6.91. The topological polar surface area (TPSA) is 116 Å². The number of fused-ring (bicyclic) bond motifs is 1. The van der Waals surface area contributed by atoms with E-state index < -0.39 is 12.2 Å². The van der Waals surface area contributed by atoms with Crippen LogP contribution in [-0.2, 0) is 13.0 Å². The summed E-state index contributed by atoms with van der Waals surface area (Å²) in [5.41, 5.74) is 3.98. The van der Waals surface area contributed by atoms with E-state index in [9.17, 15) is 20.1 Å². The number of benzene rings is 3. The number of nitrogens with zero attached hydrogens (tertiary/aromatic N) is 2. The number of aromatic nitrogens is 1. The maximum Gasteiger partial charge on any atom is 0.339 e. The lowest BCUT2D eigenvalue weighted by molar-refractivity contribution is 0.0693. The molecule has 0 saturated heterocycles. The average molecular weight is 567 g/mol. The van der Waals surface area contributed by atoms with Crippen molar-refractivity contribution in [3.63, 3.8) is 0 Å². The summed E-state index contributed by atoms with van der Waals surface area (Å²) in [5.74, 6) is 0.131. The van der Waals surface area contributed by atoms with Crippen LogP contribution in [0.1, 0.15) is 52.4 Å². The van der Waals surface area contributed by atoms with E-state index >= 15 is 0 Å². The van der Waals surface area contributed by atoms with Crippen LogP contribution in [0.25, 0.3) is 11.3 Å². The molecule has 4 aromatic rings. The zero-order valence-corrected chi connectivity index (χ0v) is 22.1. The molecule has 39 heavy (non-hydrogen) atoms. The fourth-order valence-electron chi connectivity index (χ4n) is 5.03. The predicted molar refractivity (Wildman–Crippen MR) is 146 cm³/mol. The summed E-state index contributed by atoms with van der Waals surface area (Å²) in [6.45, 7) is 0.210. The van der Waals surface area contributed by atoms with E-state index in [0.717, 1.165) is 35.4 Å². The van der Waals surface area contributed by atoms with Crippen molar-refractivity contribution in [1.29, 1.82) is 0 Å². The number of halogens is 2. The van der Waals surface area contributed by atoms with Gasteiger partial charge in [0.2, 0.25) is 0 Å². The van der Waals surface area contributed by atoms with E-state index in [2.05, 4.69) is 5.16 Å². The summed E-state index contributed by atoms with van der Waals surface area (Å²) in [6.07, 6.45) is 2.28. The number of aromatic hydroxyl groups is 1. The minimum atomic E-state index is -1.22. The van der Waals surface area contributed by atoms with Gasteiger partial charge in [-0.2, -0.15) is 0 Å². The molecule has 10 heteroatoms. The molecule has 1 aliphatic heterocycles. The molecule has 1 aromatic heterocycles. The molecule has 0 spiro atoms. The molecule has 1 unspecified atom stereocenters. The van der Waals surface area contributed by atoms with Gasteiger partial charge in [0.25, 0.3) is 0 Å². The zero-order valence-electron chi connectivity index (χ0n) is 20.6. The Hall–Kier alpha value is -3.72. The molecule has 8 nitrogen and oxygen atoms in total. The summed E-state index contributed by atoms with van der Waals surface area (Å²) >= 11 is 12.9. The Kier molecular flexibility index (Phi) is 6.62. The van der Waals surface area contributed by atoms with Crippen LogP contribution in [0.15, 0.2) is 59.1 Å². The number of anilines is 2. The quantitative estimate of drug-likeness (QED) is 0.221. The Balaban J connectivity index is 1.29. The summed E-state index contributed by atoms with van der Waals surface area (Å²) in [6, 6.07) is 15.1. The smallest absolute Gasteiger partial charge is 0.339 e. The van der Waals surface area contributed by atoms with Gasteiger partial charge in [0.05, 0.1) is 15.6 Å². The number of carboxylic acid groups (broad SMARTS) is 1. The van der Waals surface area contributed by atoms with Crippen LogP contribution in [0.5, 0.6) is 11.5 Å². The average Bonchev–Trinajstić information content (AvgIpc) is 3.67. The fraction of sp³-hybridized carbons (Fsp3) is 0.241. The van der Waals surface area contributed by atoms with Gasteiger partial charge in [-0.3, -0.25) is 0 Å². The molecule has 0 amide bonds. The van der Waals surface area contributed by atoms with Crippen LogP contribution in [-0.4, -0.2) is 32.7 Å². The number of hydrogen-bond acceptors (Lipinski definition) is 7. The Labute approximate surface area is 234 Å². The lowest BCUT2D eigenvalue weighted by Gasteiger charge is -2.36. The third-order valence-corrected chi connectivity index (χ3v) is 7.75. The minimum Gasteiger partial charge on any atom is -0.507 e. The number of aliphatic hydroxyl groups excluding tert-OH is 1. The lowest BCUT2D eigenvalue weighted by Crippen LogP contribution is -2.35. The molecule has 0 radical (unpaired) electrons. The largest absolute Gasteiger partial charge is 0.507 e. The van der Waals surface area contributed by atoms with Crippen molar-refractivity contribution in [2.45, 2.75) is 44.4 Å². The van der Waals surface area contributed by atoms with Gasteiger partial charge >= 0.3 is 5.97 Å². The van der Waals surface area contributed by atoms with Gasteiger partial charge in [-0.25, -0.2) is 4.79 Å². The first-order chi connectivity index (χ1) is 18.8. The number of rotatable bonds is 7. The van der Waals surface area contributed by atoms with E-state index in [4.69, 9.17) is 32.5 Å². The van der Waals surface area contributed by atoms with Crippen molar-refractivity contribution in [2.75, 3.05) is 4.90 Å². The van der Waals surface area contributed by atoms with Crippen molar-refractivity contribution in [2.24, 2.45) is 0 Å². The van der Waals surface area contributed by atoms with E-state index in [-0.39, 0.29) is 17.9 Å². The van der Waals surface area contributed by atoms with Crippen molar-refractivity contribution < 1.29 is 29.4 Å². The van der Waals surface area contributed by atoms with E-state index in [1.807, 2.05) is 18.2 Å². The summed E-state index contributed by atoms with van der Waals surface area (Å²) in [7, 11) is 0. The van der Waals surface area contributed by atoms with Crippen molar-refractivity contribution >= 4 is 40.5 Å². The van der Waals surface area contributed by atoms with Crippen LogP contribution in [0.2, 0.25) is 10.0 Å². The second-order valence-corrected chi connectivity index (χ2v) is 10.5. The molecule has 1 fully saturated rings. The molecule has 3 N–H and O–H groups in total. The molecule has 0 bridgehead atoms. The second kappa shape index (κ2) is 10.1. The van der Waals surface area contributed by atoms with Gasteiger partial charge in [0.15, 0.2) is 0 Å². The van der Waals surface area contributed by atoms with Gasteiger partial charge in [-0.15, -0.1) is 0 Å². The monoisotopic (exact) mass is 566 g/mol. The summed E-state index contributed by atoms with van der Waals surface area (Å²) < 4.78 is 12.0. The van der Waals surface area contributed by atoms with Crippen LogP contribution < -0.4 is 9.64 Å². The first-order valence-corrected chi connectivity index (χ1v) is 13.3. The lowest BCUT2D eigenvalue weighted by atomic mass is 9.99. The first kappa shape index (κ1) is 25.6. The standard InChI is InChI=1S/C29H24Cl2N2O6/c30-21-2-1-3-22(31)26(21)27-20(28(39-32-27)15-4-5-15)14-38-18-8-10-23-16(12-18)6-11-25(35)33(23)17-7-9-19(29(36)37)24(34)13-17/h1-3,7-10,12-13,15,25,34-35H,4-6,11,14H2,(H,36,37). The van der Waals surface area contributed by atoms with Crippen molar-refractivity contribution in [1.82, 2.24) is 5.16 Å². The number of carbonyl (C=O) groups is 1. The van der Waals surface area contributed by atoms with E-state index in [1.165, 1.54) is 12.1 Å². The third kappa shape index (κ3) is 4.80. The number of carboxylic acids is 1. The minimum absolute atomic E-state index is 0.203. The Morgan fingerprint density at radius 2 is 1.85 bits per heavy atom. The number of aryl methyl sites for hydroxylation is 1. The molecule has 6 rings (SSSR count). The van der Waals surface area contributed by atoms with Crippen LogP contribution in [0.3, 0.4) is 0 Å². The molecule has 200 valence electrons. The fourth-order valence-corrected chi connectivity index (χ4v) is 5.60. The number of ether oxygens (including phenoxy) is 1. The number of aliphatic hydroxyl groups is 1. The highest BCUT2D eigenvalue weighted by molar-refractivity contribution is 6.39. The van der Waals surface area contributed by atoms with Gasteiger partial charge in [-0.1, -0.05) is 34.4 Å². The Morgan fingerprint density at radius 3 is 2.54 bits per heavy atom. The number of aromatic carboxylic acids is 1. The van der Waals surface area contributed by atoms with Crippen molar-refractivity contribution in [3.8, 4) is 22.8 Å². The molecular weight excluding hydrogens is 543 g/mol. The van der Waals surface area contributed by atoms with Gasteiger partial charge < -0.3 is 29.5 Å². The summed E-state index contributed by atoms with van der Waals surface area (Å²) in [5, 5.41) is 35.5. The maximum atomic E-state index is 11.3. The van der Waals surface area contributed by atoms with E-state index in [1.54, 1.807) is 29.2 Å². The second-order valence-electron chi connectivity index (χ2n) is 9.72. The molecule has 2 heterocycles. The molecule has 3 aromatic carbocycles. The SMILES string of the molecule is O=C(O)c1ccc(N2c3ccc(OCc4c(-c5c(Cl)cccc5Cl)noc4C4CC4)cc3CCC2O)cc1O. The van der Waals surface area contributed by atoms with Gasteiger partial charge in [0, 0.05) is 28.9 Å². The third-order valence-electron chi connectivity index (χ3n) is 7.12. The molecule has 1 aliphatic carbocycles. The number of hydrogen-bond donors (Lipinski definition) is 3. The molecule has 2 aliphatic rings. The van der Waals surface area contributed by atoms with Crippen LogP contribution in [0, 0.1) is 0 Å². The Bertz CT molecular complexity index is 1560. The maximum absolute atomic E-state index is 11.3. The highest BCUT2D eigenvalue weighted by atomic mass is 35.5. The highest BCUT2D eigenvalue weighted by Gasteiger charge is 2.34. The van der Waals surface area contributed by atoms with Gasteiger partial charge in [0.1, 0.15) is 41.4 Å². The number of phenols is 1. The zero-order chi connectivity index (χ0) is 27.3.